The van der Waals surface area contributed by atoms with Crippen LogP contribution in [0.3, 0.4) is 0 Å². The Kier molecular flexibility index (Phi) is 3.42. The first-order valence-corrected chi connectivity index (χ1v) is 5.77. The fraction of sp³-hybridized carbons (Fsp3) is 0.333. The number of nitriles is 1. The number of halogens is 4. The Labute approximate surface area is 112 Å². The first kappa shape index (κ1) is 13.7. The molecule has 0 saturated carbocycles. The van der Waals surface area contributed by atoms with Crippen molar-refractivity contribution in [1.29, 1.82) is 5.26 Å². The first-order chi connectivity index (χ1) is 8.82. The third-order valence-corrected chi connectivity index (χ3v) is 3.10. The smallest absolute Gasteiger partial charge is 0.310 e. The zero-order valence-corrected chi connectivity index (χ0v) is 10.3. The lowest BCUT2D eigenvalue weighted by Crippen LogP contribution is -2.27. The average Bonchev–Trinajstić information content (AvgIpc) is 2.69. The molecule has 0 radical (unpaired) electrons. The number of carbonyl (C=O) groups is 1. The summed E-state index contributed by atoms with van der Waals surface area (Å²) < 4.78 is 38.8. The quantitative estimate of drug-likeness (QED) is 0.796. The van der Waals surface area contributed by atoms with E-state index < -0.39 is 23.6 Å². The van der Waals surface area contributed by atoms with Gasteiger partial charge < -0.3 is 4.90 Å². The maximum Gasteiger partial charge on any atom is 0.418 e. The van der Waals surface area contributed by atoms with Crippen molar-refractivity contribution in [3.63, 3.8) is 0 Å². The zero-order valence-electron chi connectivity index (χ0n) is 9.54. The van der Waals surface area contributed by atoms with Crippen LogP contribution in [0.1, 0.15) is 12.0 Å². The molecule has 0 N–H and O–H groups in total. The highest BCUT2D eigenvalue weighted by Gasteiger charge is 2.39. The fourth-order valence-electron chi connectivity index (χ4n) is 2.00. The standard InChI is InChI=1S/C12H8ClF3N2O/c13-8-1-2-10(9(4-8)12(14,15)16)18-6-7(5-17)3-11(18)19/h1-2,4,7H,3,6H2. The second-order valence-corrected chi connectivity index (χ2v) is 4.63. The zero-order chi connectivity index (χ0) is 14.2. The topological polar surface area (TPSA) is 44.1 Å². The lowest BCUT2D eigenvalue weighted by atomic mass is 10.1. The molecule has 1 fully saturated rings. The van der Waals surface area contributed by atoms with Crippen molar-refractivity contribution < 1.29 is 18.0 Å². The summed E-state index contributed by atoms with van der Waals surface area (Å²) >= 11 is 5.57. The molecule has 7 heteroatoms. The van der Waals surface area contributed by atoms with Crippen molar-refractivity contribution in [2.24, 2.45) is 5.92 Å². The molecule has 1 aliphatic heterocycles. The summed E-state index contributed by atoms with van der Waals surface area (Å²) in [5.41, 5.74) is -1.22. The van der Waals surface area contributed by atoms with Crippen LogP contribution < -0.4 is 4.90 Å². The molecule has 1 saturated heterocycles. The molecule has 100 valence electrons. The molecule has 0 aromatic heterocycles. The lowest BCUT2D eigenvalue weighted by Gasteiger charge is -2.21. The van der Waals surface area contributed by atoms with Gasteiger partial charge in [-0.15, -0.1) is 0 Å². The molecule has 2 rings (SSSR count). The second-order valence-electron chi connectivity index (χ2n) is 4.19. The van der Waals surface area contributed by atoms with Gasteiger partial charge in [0.1, 0.15) is 0 Å². The summed E-state index contributed by atoms with van der Waals surface area (Å²) in [7, 11) is 0. The first-order valence-electron chi connectivity index (χ1n) is 5.39. The number of rotatable bonds is 1. The van der Waals surface area contributed by atoms with Crippen LogP contribution in [0.5, 0.6) is 0 Å². The molecule has 1 aromatic carbocycles. The molecule has 1 amide bonds. The monoisotopic (exact) mass is 288 g/mol. The summed E-state index contributed by atoms with van der Waals surface area (Å²) in [4.78, 5) is 12.7. The van der Waals surface area contributed by atoms with Gasteiger partial charge in [0.2, 0.25) is 5.91 Å². The average molecular weight is 289 g/mol. The molecule has 19 heavy (non-hydrogen) atoms. The number of alkyl halides is 3. The van der Waals surface area contributed by atoms with E-state index in [9.17, 15) is 18.0 Å². The van der Waals surface area contributed by atoms with Gasteiger partial charge in [-0.05, 0) is 18.2 Å². The highest BCUT2D eigenvalue weighted by atomic mass is 35.5. The number of hydrogen-bond donors (Lipinski definition) is 0. The van der Waals surface area contributed by atoms with Crippen LogP contribution in [-0.2, 0) is 11.0 Å². The third-order valence-electron chi connectivity index (χ3n) is 2.86. The largest absolute Gasteiger partial charge is 0.418 e. The normalized spacial score (nSPS) is 19.6. The van der Waals surface area contributed by atoms with Gasteiger partial charge in [-0.3, -0.25) is 4.79 Å². The van der Waals surface area contributed by atoms with Crippen molar-refractivity contribution >= 4 is 23.2 Å². The second kappa shape index (κ2) is 4.74. The van der Waals surface area contributed by atoms with Gasteiger partial charge in [0, 0.05) is 18.0 Å². The number of benzene rings is 1. The minimum Gasteiger partial charge on any atom is -0.310 e. The van der Waals surface area contributed by atoms with Crippen LogP contribution in [0.25, 0.3) is 0 Å². The highest BCUT2D eigenvalue weighted by molar-refractivity contribution is 6.30. The van der Waals surface area contributed by atoms with E-state index >= 15 is 0 Å². The Morgan fingerprint density at radius 3 is 2.63 bits per heavy atom. The van der Waals surface area contributed by atoms with Gasteiger partial charge in [0.25, 0.3) is 0 Å². The predicted molar refractivity (Wildman–Crippen MR) is 62.5 cm³/mol. The van der Waals surface area contributed by atoms with Crippen LogP contribution >= 0.6 is 11.6 Å². The van der Waals surface area contributed by atoms with Crippen LogP contribution in [0, 0.1) is 17.2 Å². The summed E-state index contributed by atoms with van der Waals surface area (Å²) in [5.74, 6) is -1.07. The molecule has 0 bridgehead atoms. The summed E-state index contributed by atoms with van der Waals surface area (Å²) in [6, 6.07) is 5.12. The molecule has 1 heterocycles. The summed E-state index contributed by atoms with van der Waals surface area (Å²) in [6.45, 7) is -0.0277. The Balaban J connectivity index is 2.46. The van der Waals surface area contributed by atoms with Crippen molar-refractivity contribution in [3.05, 3.63) is 28.8 Å². The van der Waals surface area contributed by atoms with Crippen LogP contribution in [-0.4, -0.2) is 12.5 Å². The molecule has 1 aliphatic rings. The van der Waals surface area contributed by atoms with E-state index in [-0.39, 0.29) is 23.7 Å². The Morgan fingerprint density at radius 2 is 2.11 bits per heavy atom. The van der Waals surface area contributed by atoms with Gasteiger partial charge in [-0.25, -0.2) is 0 Å². The molecule has 0 spiro atoms. The number of nitrogens with zero attached hydrogens (tertiary/aromatic N) is 2. The van der Waals surface area contributed by atoms with E-state index in [0.29, 0.717) is 0 Å². The summed E-state index contributed by atoms with van der Waals surface area (Å²) in [5, 5.41) is 8.69. The number of hydrogen-bond acceptors (Lipinski definition) is 2. The fourth-order valence-corrected chi connectivity index (χ4v) is 2.17. The van der Waals surface area contributed by atoms with Gasteiger partial charge in [0.05, 0.1) is 23.2 Å². The Hall–Kier alpha value is -1.74. The molecule has 0 aliphatic carbocycles. The molecular weight excluding hydrogens is 281 g/mol. The summed E-state index contributed by atoms with van der Waals surface area (Å²) in [6.07, 6.45) is -4.67. The lowest BCUT2D eigenvalue weighted by molar-refractivity contribution is -0.137. The molecular formula is C12H8ClF3N2O. The van der Waals surface area contributed by atoms with Crippen molar-refractivity contribution in [2.45, 2.75) is 12.6 Å². The minimum absolute atomic E-state index is 0.0277. The molecule has 1 atom stereocenters. The van der Waals surface area contributed by atoms with E-state index in [1.165, 1.54) is 6.07 Å². The van der Waals surface area contributed by atoms with E-state index in [2.05, 4.69) is 0 Å². The molecule has 1 aromatic rings. The Morgan fingerprint density at radius 1 is 1.42 bits per heavy atom. The van der Waals surface area contributed by atoms with Crippen molar-refractivity contribution in [1.82, 2.24) is 0 Å². The van der Waals surface area contributed by atoms with Gasteiger partial charge >= 0.3 is 6.18 Å². The van der Waals surface area contributed by atoms with Crippen LogP contribution in [0.2, 0.25) is 5.02 Å². The number of anilines is 1. The number of amides is 1. The van der Waals surface area contributed by atoms with Crippen LogP contribution in [0.15, 0.2) is 18.2 Å². The minimum atomic E-state index is -4.61. The van der Waals surface area contributed by atoms with E-state index in [4.69, 9.17) is 16.9 Å². The SMILES string of the molecule is N#CC1CC(=O)N(c2ccc(Cl)cc2C(F)(F)F)C1. The van der Waals surface area contributed by atoms with E-state index in [1.807, 2.05) is 6.07 Å². The maximum absolute atomic E-state index is 12.9. The maximum atomic E-state index is 12.9. The van der Waals surface area contributed by atoms with Crippen molar-refractivity contribution in [3.8, 4) is 6.07 Å². The van der Waals surface area contributed by atoms with Gasteiger partial charge in [-0.1, -0.05) is 11.6 Å². The van der Waals surface area contributed by atoms with E-state index in [1.54, 1.807) is 0 Å². The number of carbonyl (C=O) groups excluding carboxylic acids is 1. The molecule has 3 nitrogen and oxygen atoms in total. The third kappa shape index (κ3) is 2.66. The predicted octanol–water partition coefficient (Wildman–Crippen LogP) is 3.24. The highest BCUT2D eigenvalue weighted by Crippen LogP contribution is 2.39. The van der Waals surface area contributed by atoms with Crippen LogP contribution in [0.4, 0.5) is 18.9 Å². The van der Waals surface area contributed by atoms with Gasteiger partial charge in [0.15, 0.2) is 0 Å². The van der Waals surface area contributed by atoms with Crippen molar-refractivity contribution in [2.75, 3.05) is 11.4 Å². The van der Waals surface area contributed by atoms with E-state index in [0.717, 1.165) is 17.0 Å². The van der Waals surface area contributed by atoms with Gasteiger partial charge in [-0.2, -0.15) is 18.4 Å². The Bertz CT molecular complexity index is 565. The molecule has 1 unspecified atom stereocenters.